The molecule has 86 valence electrons. The molecule has 1 saturated carbocycles. The van der Waals surface area contributed by atoms with E-state index in [9.17, 15) is 0 Å². The third-order valence-corrected chi connectivity index (χ3v) is 6.12. The Balaban J connectivity index is 1.61. The maximum Gasteiger partial charge on any atom is 0.150 e. The molecule has 0 aromatic carbocycles. The SMILES string of the molecule is C[Si](C)(Cl)CCCCC1CC2C=CC1C2. The molecule has 0 aliphatic heterocycles. The molecule has 0 saturated heterocycles. The van der Waals surface area contributed by atoms with Crippen LogP contribution in [0.25, 0.3) is 0 Å². The summed E-state index contributed by atoms with van der Waals surface area (Å²) in [5, 5.41) is 0. The lowest BCUT2D eigenvalue weighted by Gasteiger charge is -2.18. The van der Waals surface area contributed by atoms with E-state index in [-0.39, 0.29) is 0 Å². The number of hydrogen-bond acceptors (Lipinski definition) is 0. The number of allylic oxidation sites excluding steroid dienone is 2. The summed E-state index contributed by atoms with van der Waals surface area (Å²) in [6.07, 6.45) is 12.1. The molecular formula is C13H23ClSi. The lowest BCUT2D eigenvalue weighted by atomic mass is 9.89. The van der Waals surface area contributed by atoms with E-state index in [0.29, 0.717) is 0 Å². The van der Waals surface area contributed by atoms with Crippen molar-refractivity contribution in [2.75, 3.05) is 0 Å². The van der Waals surface area contributed by atoms with E-state index >= 15 is 0 Å². The molecule has 3 unspecified atom stereocenters. The van der Waals surface area contributed by atoms with Gasteiger partial charge in [0.2, 0.25) is 0 Å². The van der Waals surface area contributed by atoms with E-state index in [1.165, 1.54) is 38.1 Å². The predicted molar refractivity (Wildman–Crippen MR) is 70.8 cm³/mol. The first-order valence-corrected chi connectivity index (χ1v) is 10.6. The smallest absolute Gasteiger partial charge is 0.150 e. The third-order valence-electron chi connectivity index (χ3n) is 4.01. The van der Waals surface area contributed by atoms with Crippen molar-refractivity contribution in [1.29, 1.82) is 0 Å². The van der Waals surface area contributed by atoms with E-state index in [2.05, 4.69) is 25.2 Å². The van der Waals surface area contributed by atoms with Crippen LogP contribution >= 0.6 is 11.1 Å². The highest BCUT2D eigenvalue weighted by Gasteiger charge is 2.34. The molecule has 0 nitrogen and oxygen atoms in total. The van der Waals surface area contributed by atoms with Gasteiger partial charge in [-0.25, -0.2) is 0 Å². The van der Waals surface area contributed by atoms with Gasteiger partial charge in [-0.05, 0) is 43.1 Å². The average Bonchev–Trinajstić information content (AvgIpc) is 2.71. The van der Waals surface area contributed by atoms with Crippen molar-refractivity contribution >= 4 is 18.5 Å². The Labute approximate surface area is 99.8 Å². The van der Waals surface area contributed by atoms with Crippen molar-refractivity contribution in [3.05, 3.63) is 12.2 Å². The molecule has 0 spiro atoms. The Hall–Kier alpha value is 0.247. The highest BCUT2D eigenvalue weighted by molar-refractivity contribution is 7.19. The minimum Gasteiger partial charge on any atom is -0.168 e. The van der Waals surface area contributed by atoms with E-state index in [0.717, 1.165) is 17.8 Å². The Morgan fingerprint density at radius 1 is 1.20 bits per heavy atom. The second-order valence-corrected chi connectivity index (χ2v) is 13.0. The fourth-order valence-corrected chi connectivity index (χ4v) is 4.67. The third kappa shape index (κ3) is 3.35. The molecule has 1 fully saturated rings. The molecule has 2 rings (SSSR count). The molecule has 0 N–H and O–H groups in total. The van der Waals surface area contributed by atoms with Crippen molar-refractivity contribution in [1.82, 2.24) is 0 Å². The fourth-order valence-electron chi connectivity index (χ4n) is 3.18. The second-order valence-electron chi connectivity index (χ2n) is 6.00. The van der Waals surface area contributed by atoms with Gasteiger partial charge in [0.15, 0.2) is 0 Å². The molecule has 2 aliphatic carbocycles. The monoisotopic (exact) mass is 242 g/mol. The zero-order valence-corrected chi connectivity index (χ0v) is 11.8. The van der Waals surface area contributed by atoms with Gasteiger partial charge in [0.05, 0.1) is 0 Å². The first-order chi connectivity index (χ1) is 7.04. The first-order valence-electron chi connectivity index (χ1n) is 6.42. The van der Waals surface area contributed by atoms with Gasteiger partial charge in [-0.3, -0.25) is 0 Å². The van der Waals surface area contributed by atoms with Gasteiger partial charge in [-0.1, -0.05) is 38.1 Å². The Bertz CT molecular complexity index is 241. The number of fused-ring (bicyclic) bond motifs is 2. The molecule has 2 bridgehead atoms. The van der Waals surface area contributed by atoms with Crippen LogP contribution in [0.15, 0.2) is 12.2 Å². The van der Waals surface area contributed by atoms with Crippen LogP contribution < -0.4 is 0 Å². The van der Waals surface area contributed by atoms with Crippen molar-refractivity contribution in [3.63, 3.8) is 0 Å². The number of halogens is 1. The molecule has 0 heterocycles. The van der Waals surface area contributed by atoms with Crippen LogP contribution in [0.4, 0.5) is 0 Å². The largest absolute Gasteiger partial charge is 0.168 e. The molecule has 15 heavy (non-hydrogen) atoms. The van der Waals surface area contributed by atoms with Crippen LogP contribution in [0.3, 0.4) is 0 Å². The molecule has 3 atom stereocenters. The Morgan fingerprint density at radius 3 is 2.53 bits per heavy atom. The van der Waals surface area contributed by atoms with Crippen molar-refractivity contribution in [3.8, 4) is 0 Å². The molecule has 0 radical (unpaired) electrons. The number of hydrogen-bond donors (Lipinski definition) is 0. The molecule has 0 aromatic heterocycles. The molecule has 0 amide bonds. The van der Waals surface area contributed by atoms with E-state index in [4.69, 9.17) is 11.1 Å². The van der Waals surface area contributed by atoms with Crippen LogP contribution in [0, 0.1) is 17.8 Å². The zero-order valence-electron chi connectivity index (χ0n) is 10.0. The summed E-state index contributed by atoms with van der Waals surface area (Å²) in [6.45, 7) is 4.52. The van der Waals surface area contributed by atoms with E-state index < -0.39 is 7.38 Å². The summed E-state index contributed by atoms with van der Waals surface area (Å²) in [5.41, 5.74) is 0. The zero-order chi connectivity index (χ0) is 10.9. The van der Waals surface area contributed by atoms with Gasteiger partial charge in [0.1, 0.15) is 7.38 Å². The van der Waals surface area contributed by atoms with E-state index in [1.807, 2.05) is 0 Å². The van der Waals surface area contributed by atoms with Gasteiger partial charge < -0.3 is 0 Å². The summed E-state index contributed by atoms with van der Waals surface area (Å²) in [4.78, 5) is 0. The van der Waals surface area contributed by atoms with Crippen LogP contribution in [0.2, 0.25) is 19.1 Å². The quantitative estimate of drug-likeness (QED) is 0.281. The topological polar surface area (TPSA) is 0 Å². The van der Waals surface area contributed by atoms with Crippen molar-refractivity contribution in [2.24, 2.45) is 17.8 Å². The van der Waals surface area contributed by atoms with Gasteiger partial charge in [-0.15, -0.1) is 0 Å². The Kier molecular flexibility index (Phi) is 3.62. The Morgan fingerprint density at radius 2 is 2.00 bits per heavy atom. The van der Waals surface area contributed by atoms with E-state index in [1.54, 1.807) is 0 Å². The highest BCUT2D eigenvalue weighted by atomic mass is 35.6. The van der Waals surface area contributed by atoms with Crippen LogP contribution in [-0.2, 0) is 0 Å². The van der Waals surface area contributed by atoms with Crippen molar-refractivity contribution in [2.45, 2.75) is 51.2 Å². The van der Waals surface area contributed by atoms with Crippen LogP contribution in [-0.4, -0.2) is 7.38 Å². The second kappa shape index (κ2) is 4.63. The van der Waals surface area contributed by atoms with Gasteiger partial charge in [0.25, 0.3) is 0 Å². The fraction of sp³-hybridized carbons (Fsp3) is 0.846. The summed E-state index contributed by atoms with van der Waals surface area (Å²) < 4.78 is 0. The van der Waals surface area contributed by atoms with Crippen molar-refractivity contribution < 1.29 is 0 Å². The molecule has 0 aromatic rings. The molecule has 2 aliphatic rings. The predicted octanol–water partition coefficient (Wildman–Crippen LogP) is 4.81. The molecule has 2 heteroatoms. The lowest BCUT2D eigenvalue weighted by molar-refractivity contribution is 0.402. The van der Waals surface area contributed by atoms with Crippen LogP contribution in [0.1, 0.15) is 32.1 Å². The summed E-state index contributed by atoms with van der Waals surface area (Å²) in [7, 11) is -1.29. The summed E-state index contributed by atoms with van der Waals surface area (Å²) in [5.74, 6) is 2.90. The standard InChI is InChI=1S/C13H23ClSi/c1-15(2,14)8-4-3-5-12-9-11-6-7-13(12)10-11/h6-7,11-13H,3-5,8-10H2,1-2H3. The first kappa shape index (κ1) is 11.7. The van der Waals surface area contributed by atoms with Crippen LogP contribution in [0.5, 0.6) is 0 Å². The minimum atomic E-state index is -1.29. The average molecular weight is 243 g/mol. The lowest BCUT2D eigenvalue weighted by Crippen LogP contribution is -2.15. The number of rotatable bonds is 5. The van der Waals surface area contributed by atoms with Gasteiger partial charge >= 0.3 is 0 Å². The maximum atomic E-state index is 6.32. The minimum absolute atomic E-state index is 0.941. The molecular weight excluding hydrogens is 220 g/mol. The highest BCUT2D eigenvalue weighted by Crippen LogP contribution is 2.45. The number of unbranched alkanes of at least 4 members (excludes halogenated alkanes) is 1. The maximum absolute atomic E-state index is 6.32. The summed E-state index contributed by atoms with van der Waals surface area (Å²) in [6, 6.07) is 1.30. The van der Waals surface area contributed by atoms with Gasteiger partial charge in [-0.2, -0.15) is 11.1 Å². The normalized spacial score (nSPS) is 33.9. The summed E-state index contributed by atoms with van der Waals surface area (Å²) >= 11 is 6.32. The van der Waals surface area contributed by atoms with Gasteiger partial charge in [0, 0.05) is 0 Å².